The lowest BCUT2D eigenvalue weighted by atomic mass is 9.86. The summed E-state index contributed by atoms with van der Waals surface area (Å²) in [7, 11) is 1.91. The zero-order valence-corrected chi connectivity index (χ0v) is 12.2. The lowest BCUT2D eigenvalue weighted by Crippen LogP contribution is -2.20. The minimum absolute atomic E-state index is 0.0575. The molecule has 0 spiro atoms. The molecular weight excluding hydrogens is 276 g/mol. The quantitative estimate of drug-likeness (QED) is 0.505. The molecule has 0 atom stereocenters. The van der Waals surface area contributed by atoms with Gasteiger partial charge in [0.25, 0.3) is 0 Å². The van der Waals surface area contributed by atoms with Gasteiger partial charge in [0.1, 0.15) is 5.69 Å². The average Bonchev–Trinajstić information content (AvgIpc) is 2.98. The number of anilines is 1. The summed E-state index contributed by atoms with van der Waals surface area (Å²) in [6, 6.07) is 11.6. The molecule has 3 aromatic rings. The van der Waals surface area contributed by atoms with Crippen LogP contribution in [0.5, 0.6) is 0 Å². The van der Waals surface area contributed by atoms with Crippen LogP contribution in [0.25, 0.3) is 22.2 Å². The number of rotatable bonds is 4. The van der Waals surface area contributed by atoms with Crippen LogP contribution in [-0.4, -0.2) is 36.1 Å². The van der Waals surface area contributed by atoms with E-state index in [2.05, 4.69) is 20.8 Å². The van der Waals surface area contributed by atoms with E-state index < -0.39 is 0 Å². The van der Waals surface area contributed by atoms with Gasteiger partial charge in [-0.2, -0.15) is 5.10 Å². The van der Waals surface area contributed by atoms with E-state index in [0.29, 0.717) is 5.56 Å². The fourth-order valence-electron chi connectivity index (χ4n) is 3.06. The van der Waals surface area contributed by atoms with E-state index in [1.54, 1.807) is 0 Å². The minimum atomic E-state index is 0.0575. The van der Waals surface area contributed by atoms with Crippen molar-refractivity contribution in [2.45, 2.75) is 0 Å². The predicted octanol–water partition coefficient (Wildman–Crippen LogP) is 2.41. The summed E-state index contributed by atoms with van der Waals surface area (Å²) < 4.78 is 0. The molecule has 4 rings (SSSR count). The molecule has 1 aliphatic carbocycles. The highest BCUT2D eigenvalue weighted by molar-refractivity contribution is 6.27. The second-order valence-electron chi connectivity index (χ2n) is 5.39. The van der Waals surface area contributed by atoms with Gasteiger partial charge in [-0.1, -0.05) is 24.3 Å². The molecule has 22 heavy (non-hydrogen) atoms. The normalized spacial score (nSPS) is 12.5. The standard InChI is InChI=1S/C17H16N4O/c1-18-8-9-19-12-6-2-4-10-15(12)17(22)11-5-3-7-13-14(11)16(10)21-20-13/h2-7,18-19H,8-9H2,1H3,(H,20,21). The SMILES string of the molecule is CNCCNc1cccc2c1C(=O)c1cccc3[nH]nc-2c13. The van der Waals surface area contributed by atoms with Crippen LogP contribution in [0.2, 0.25) is 0 Å². The Balaban J connectivity index is 1.92. The van der Waals surface area contributed by atoms with Gasteiger partial charge in [-0.05, 0) is 19.2 Å². The third-order valence-electron chi connectivity index (χ3n) is 4.07. The van der Waals surface area contributed by atoms with Gasteiger partial charge in [0.15, 0.2) is 5.78 Å². The highest BCUT2D eigenvalue weighted by Gasteiger charge is 2.29. The maximum atomic E-state index is 12.9. The first kappa shape index (κ1) is 13.0. The number of carbonyl (C=O) groups excluding carboxylic acids is 1. The van der Waals surface area contributed by atoms with Crippen LogP contribution in [0.4, 0.5) is 5.69 Å². The van der Waals surface area contributed by atoms with Crippen molar-refractivity contribution in [2.75, 3.05) is 25.5 Å². The van der Waals surface area contributed by atoms with Crippen molar-refractivity contribution in [1.29, 1.82) is 0 Å². The van der Waals surface area contributed by atoms with Crippen LogP contribution in [0.3, 0.4) is 0 Å². The van der Waals surface area contributed by atoms with E-state index in [0.717, 1.165) is 46.5 Å². The maximum absolute atomic E-state index is 12.9. The zero-order valence-electron chi connectivity index (χ0n) is 12.2. The number of aromatic nitrogens is 2. The Morgan fingerprint density at radius 1 is 1.09 bits per heavy atom. The number of nitrogens with zero attached hydrogens (tertiary/aromatic N) is 1. The molecule has 0 saturated heterocycles. The Hall–Kier alpha value is -2.66. The summed E-state index contributed by atoms with van der Waals surface area (Å²) >= 11 is 0. The Bertz CT molecular complexity index is 881. The van der Waals surface area contributed by atoms with E-state index in [9.17, 15) is 4.79 Å². The second-order valence-corrected chi connectivity index (χ2v) is 5.39. The number of fused-ring (bicyclic) bond motifs is 2. The molecule has 0 saturated carbocycles. The van der Waals surface area contributed by atoms with Crippen LogP contribution >= 0.6 is 0 Å². The summed E-state index contributed by atoms with van der Waals surface area (Å²) in [6.45, 7) is 1.60. The number of hydrogen-bond donors (Lipinski definition) is 3. The van der Waals surface area contributed by atoms with Crippen molar-refractivity contribution in [2.24, 2.45) is 0 Å². The summed E-state index contributed by atoms with van der Waals surface area (Å²) in [6.07, 6.45) is 0. The van der Waals surface area contributed by atoms with Gasteiger partial charge in [0.2, 0.25) is 0 Å². The Morgan fingerprint density at radius 2 is 1.91 bits per heavy atom. The van der Waals surface area contributed by atoms with Crippen LogP contribution in [-0.2, 0) is 0 Å². The molecular formula is C17H16N4O. The Kier molecular flexibility index (Phi) is 2.94. The number of carbonyl (C=O) groups is 1. The van der Waals surface area contributed by atoms with E-state index in [-0.39, 0.29) is 5.78 Å². The number of benzene rings is 2. The van der Waals surface area contributed by atoms with Crippen LogP contribution in [0.15, 0.2) is 36.4 Å². The molecule has 1 aliphatic rings. The molecule has 1 aromatic heterocycles. The van der Waals surface area contributed by atoms with Crippen molar-refractivity contribution in [1.82, 2.24) is 15.5 Å². The molecule has 1 heterocycles. The van der Waals surface area contributed by atoms with E-state index in [1.165, 1.54) is 0 Å². The summed E-state index contributed by atoms with van der Waals surface area (Å²) in [5.41, 5.74) is 4.95. The van der Waals surface area contributed by atoms with E-state index in [4.69, 9.17) is 0 Å². The molecule has 0 aliphatic heterocycles. The number of likely N-dealkylation sites (N-methyl/N-ethyl adjacent to an activating group) is 1. The van der Waals surface area contributed by atoms with Crippen LogP contribution in [0.1, 0.15) is 15.9 Å². The van der Waals surface area contributed by atoms with Gasteiger partial charge in [-0.3, -0.25) is 9.89 Å². The van der Waals surface area contributed by atoms with Gasteiger partial charge in [-0.25, -0.2) is 0 Å². The van der Waals surface area contributed by atoms with E-state index in [1.807, 2.05) is 43.4 Å². The fourth-order valence-corrected chi connectivity index (χ4v) is 3.06. The largest absolute Gasteiger partial charge is 0.383 e. The van der Waals surface area contributed by atoms with Gasteiger partial charge in [-0.15, -0.1) is 0 Å². The van der Waals surface area contributed by atoms with Gasteiger partial charge in [0.05, 0.1) is 11.1 Å². The molecule has 0 fully saturated rings. The molecule has 0 bridgehead atoms. The summed E-state index contributed by atoms with van der Waals surface area (Å²) in [5, 5.41) is 14.8. The van der Waals surface area contributed by atoms with E-state index >= 15 is 0 Å². The Morgan fingerprint density at radius 3 is 2.77 bits per heavy atom. The lowest BCUT2D eigenvalue weighted by Gasteiger charge is -2.19. The fraction of sp³-hybridized carbons (Fsp3) is 0.176. The molecule has 110 valence electrons. The van der Waals surface area contributed by atoms with Gasteiger partial charge >= 0.3 is 0 Å². The smallest absolute Gasteiger partial charge is 0.196 e. The zero-order chi connectivity index (χ0) is 15.1. The highest BCUT2D eigenvalue weighted by Crippen LogP contribution is 2.40. The van der Waals surface area contributed by atoms with Crippen LogP contribution in [0, 0.1) is 0 Å². The molecule has 5 nitrogen and oxygen atoms in total. The summed E-state index contributed by atoms with van der Waals surface area (Å²) in [5.74, 6) is 0.0575. The third-order valence-corrected chi connectivity index (χ3v) is 4.07. The first-order valence-electron chi connectivity index (χ1n) is 7.35. The molecule has 2 aromatic carbocycles. The van der Waals surface area contributed by atoms with Gasteiger partial charge < -0.3 is 10.6 Å². The van der Waals surface area contributed by atoms with Crippen molar-refractivity contribution in [3.05, 3.63) is 47.5 Å². The molecule has 0 amide bonds. The molecule has 0 unspecified atom stereocenters. The third kappa shape index (κ3) is 1.76. The number of ketones is 1. The highest BCUT2D eigenvalue weighted by atomic mass is 16.1. The average molecular weight is 292 g/mol. The lowest BCUT2D eigenvalue weighted by molar-refractivity contribution is 0.104. The first-order valence-corrected chi connectivity index (χ1v) is 7.35. The maximum Gasteiger partial charge on any atom is 0.196 e. The molecule has 0 radical (unpaired) electrons. The molecule has 5 heteroatoms. The van der Waals surface area contributed by atoms with Crippen molar-refractivity contribution in [3.63, 3.8) is 0 Å². The number of hydrogen-bond acceptors (Lipinski definition) is 4. The van der Waals surface area contributed by atoms with Crippen molar-refractivity contribution < 1.29 is 4.79 Å². The number of H-pyrrole nitrogens is 1. The summed E-state index contributed by atoms with van der Waals surface area (Å²) in [4.78, 5) is 12.9. The second kappa shape index (κ2) is 4.96. The van der Waals surface area contributed by atoms with Gasteiger partial charge in [0, 0.05) is 35.3 Å². The predicted molar refractivity (Wildman–Crippen MR) is 87.4 cm³/mol. The molecule has 3 N–H and O–H groups in total. The van der Waals surface area contributed by atoms with Crippen LogP contribution < -0.4 is 10.6 Å². The number of aromatic amines is 1. The minimum Gasteiger partial charge on any atom is -0.383 e. The Labute approximate surface area is 127 Å². The topological polar surface area (TPSA) is 69.8 Å². The first-order chi connectivity index (χ1) is 10.8. The monoisotopic (exact) mass is 292 g/mol. The van der Waals surface area contributed by atoms with Crippen molar-refractivity contribution in [3.8, 4) is 11.3 Å². The number of nitrogens with one attached hydrogen (secondary N) is 3. The van der Waals surface area contributed by atoms with Crippen molar-refractivity contribution >= 4 is 22.4 Å².